The molecule has 1 aromatic carbocycles. The van der Waals surface area contributed by atoms with Crippen LogP contribution < -0.4 is 5.32 Å². The summed E-state index contributed by atoms with van der Waals surface area (Å²) < 4.78 is 0. The number of carbonyl (C=O) groups excluding carboxylic acids is 2. The van der Waals surface area contributed by atoms with E-state index in [1.165, 1.54) is 11.3 Å². The molecule has 144 valence electrons. The maximum atomic E-state index is 12.7. The molecule has 0 radical (unpaired) electrons. The molecular weight excluding hydrogens is 362 g/mol. The maximum absolute atomic E-state index is 12.7. The standard InChI is InChI=1S/C19H25N5O2S/c1-3-17-21-22-19(27-17)20-16(25)9-10-23-11-12-24(18(26)14(23)2)13-15-7-5-4-6-8-15/h4-8,14H,3,9-13H2,1-2H3,(H,20,22,25)/t14-/m1/s1. The number of hydrogen-bond donors (Lipinski definition) is 1. The zero-order valence-electron chi connectivity index (χ0n) is 15.7. The fourth-order valence-corrected chi connectivity index (χ4v) is 3.81. The molecule has 0 bridgehead atoms. The van der Waals surface area contributed by atoms with E-state index in [2.05, 4.69) is 20.4 Å². The van der Waals surface area contributed by atoms with Crippen molar-refractivity contribution in [1.82, 2.24) is 20.0 Å². The molecule has 0 aliphatic carbocycles. The van der Waals surface area contributed by atoms with Gasteiger partial charge in [-0.1, -0.05) is 48.6 Å². The fourth-order valence-electron chi connectivity index (χ4n) is 3.11. The number of amides is 2. The molecule has 27 heavy (non-hydrogen) atoms. The Balaban J connectivity index is 1.47. The van der Waals surface area contributed by atoms with Crippen molar-refractivity contribution in [2.45, 2.75) is 39.3 Å². The SMILES string of the molecule is CCc1nnc(NC(=O)CCN2CCN(Cc3ccccc3)C(=O)[C@H]2C)s1. The number of nitrogens with one attached hydrogen (secondary N) is 1. The van der Waals surface area contributed by atoms with Crippen LogP contribution in [0.15, 0.2) is 30.3 Å². The lowest BCUT2D eigenvalue weighted by Crippen LogP contribution is -2.55. The number of rotatable bonds is 7. The molecule has 0 spiro atoms. The van der Waals surface area contributed by atoms with Crippen LogP contribution in [-0.4, -0.2) is 57.5 Å². The van der Waals surface area contributed by atoms with Crippen LogP contribution in [-0.2, 0) is 22.6 Å². The van der Waals surface area contributed by atoms with Gasteiger partial charge in [0.15, 0.2) is 0 Å². The molecule has 0 unspecified atom stereocenters. The van der Waals surface area contributed by atoms with Gasteiger partial charge < -0.3 is 10.2 Å². The Morgan fingerprint density at radius 2 is 2.04 bits per heavy atom. The van der Waals surface area contributed by atoms with Crippen LogP contribution in [0.2, 0.25) is 0 Å². The molecule has 1 atom stereocenters. The van der Waals surface area contributed by atoms with Gasteiger partial charge in [0, 0.05) is 32.6 Å². The average Bonchev–Trinajstić information content (AvgIpc) is 3.13. The molecule has 1 aliphatic rings. The van der Waals surface area contributed by atoms with Crippen molar-refractivity contribution in [2.24, 2.45) is 0 Å². The zero-order chi connectivity index (χ0) is 19.2. The highest BCUT2D eigenvalue weighted by molar-refractivity contribution is 7.15. The minimum absolute atomic E-state index is 0.0971. The van der Waals surface area contributed by atoms with E-state index >= 15 is 0 Å². The first kappa shape index (κ1) is 19.4. The van der Waals surface area contributed by atoms with Crippen molar-refractivity contribution in [3.8, 4) is 0 Å². The summed E-state index contributed by atoms with van der Waals surface area (Å²) in [6, 6.07) is 9.79. The van der Waals surface area contributed by atoms with Gasteiger partial charge in [0.1, 0.15) is 5.01 Å². The molecule has 1 N–H and O–H groups in total. The summed E-state index contributed by atoms with van der Waals surface area (Å²) in [6.07, 6.45) is 1.14. The lowest BCUT2D eigenvalue weighted by molar-refractivity contribution is -0.142. The van der Waals surface area contributed by atoms with Gasteiger partial charge in [0.25, 0.3) is 0 Å². The highest BCUT2D eigenvalue weighted by Crippen LogP contribution is 2.17. The molecule has 1 fully saturated rings. The summed E-state index contributed by atoms with van der Waals surface area (Å²) in [7, 11) is 0. The molecule has 7 nitrogen and oxygen atoms in total. The second kappa shape index (κ2) is 9.05. The molecule has 1 aromatic heterocycles. The minimum Gasteiger partial charge on any atom is -0.336 e. The van der Waals surface area contributed by atoms with E-state index in [0.29, 0.717) is 31.2 Å². The Morgan fingerprint density at radius 1 is 1.26 bits per heavy atom. The van der Waals surface area contributed by atoms with Crippen LogP contribution in [0.25, 0.3) is 0 Å². The van der Waals surface area contributed by atoms with Crippen molar-refractivity contribution >= 4 is 28.3 Å². The Morgan fingerprint density at radius 3 is 2.74 bits per heavy atom. The number of aryl methyl sites for hydroxylation is 1. The Labute approximate surface area is 163 Å². The van der Waals surface area contributed by atoms with Crippen molar-refractivity contribution < 1.29 is 9.59 Å². The van der Waals surface area contributed by atoms with Crippen LogP contribution in [0.4, 0.5) is 5.13 Å². The van der Waals surface area contributed by atoms with Crippen LogP contribution in [0.1, 0.15) is 30.8 Å². The summed E-state index contributed by atoms with van der Waals surface area (Å²) >= 11 is 1.40. The lowest BCUT2D eigenvalue weighted by atomic mass is 10.1. The van der Waals surface area contributed by atoms with Crippen molar-refractivity contribution in [2.75, 3.05) is 25.0 Å². The third-order valence-electron chi connectivity index (χ3n) is 4.73. The van der Waals surface area contributed by atoms with Crippen LogP contribution in [0.5, 0.6) is 0 Å². The average molecular weight is 388 g/mol. The Hall–Kier alpha value is -2.32. The highest BCUT2D eigenvalue weighted by atomic mass is 32.1. The first-order valence-electron chi connectivity index (χ1n) is 9.25. The van der Waals surface area contributed by atoms with Gasteiger partial charge >= 0.3 is 0 Å². The topological polar surface area (TPSA) is 78.4 Å². The molecule has 1 aliphatic heterocycles. The van der Waals surface area contributed by atoms with Gasteiger partial charge in [-0.25, -0.2) is 0 Å². The predicted octanol–water partition coefficient (Wildman–Crippen LogP) is 2.16. The highest BCUT2D eigenvalue weighted by Gasteiger charge is 2.31. The molecule has 0 saturated carbocycles. The van der Waals surface area contributed by atoms with Gasteiger partial charge in [-0.3, -0.25) is 14.5 Å². The fraction of sp³-hybridized carbons (Fsp3) is 0.474. The zero-order valence-corrected chi connectivity index (χ0v) is 16.5. The lowest BCUT2D eigenvalue weighted by Gasteiger charge is -2.39. The van der Waals surface area contributed by atoms with E-state index in [4.69, 9.17) is 0 Å². The summed E-state index contributed by atoms with van der Waals surface area (Å²) in [5, 5.41) is 12.2. The number of nitrogens with zero attached hydrogens (tertiary/aromatic N) is 4. The summed E-state index contributed by atoms with van der Waals surface area (Å²) in [5.41, 5.74) is 1.13. The summed E-state index contributed by atoms with van der Waals surface area (Å²) in [5.74, 6) is 0.0161. The van der Waals surface area contributed by atoms with E-state index in [0.717, 1.165) is 23.5 Å². The Kier molecular flexibility index (Phi) is 6.52. The number of carbonyl (C=O) groups is 2. The minimum atomic E-state index is -0.219. The van der Waals surface area contributed by atoms with Crippen molar-refractivity contribution in [3.63, 3.8) is 0 Å². The molecule has 2 heterocycles. The summed E-state index contributed by atoms with van der Waals surface area (Å²) in [4.78, 5) is 28.8. The van der Waals surface area contributed by atoms with Crippen LogP contribution in [0, 0.1) is 0 Å². The van der Waals surface area contributed by atoms with E-state index in [1.807, 2.05) is 49.1 Å². The second-order valence-electron chi connectivity index (χ2n) is 6.61. The van der Waals surface area contributed by atoms with Gasteiger partial charge in [0.05, 0.1) is 6.04 Å². The van der Waals surface area contributed by atoms with E-state index in [-0.39, 0.29) is 17.9 Å². The number of piperazine rings is 1. The number of benzene rings is 1. The first-order chi connectivity index (χ1) is 13.1. The van der Waals surface area contributed by atoms with Crippen molar-refractivity contribution in [1.29, 1.82) is 0 Å². The van der Waals surface area contributed by atoms with Crippen LogP contribution >= 0.6 is 11.3 Å². The van der Waals surface area contributed by atoms with E-state index in [9.17, 15) is 9.59 Å². The molecule has 2 amide bonds. The molecular formula is C19H25N5O2S. The first-order valence-corrected chi connectivity index (χ1v) is 10.1. The molecule has 8 heteroatoms. The predicted molar refractivity (Wildman–Crippen MR) is 105 cm³/mol. The third-order valence-corrected chi connectivity index (χ3v) is 5.71. The number of anilines is 1. The largest absolute Gasteiger partial charge is 0.336 e. The number of hydrogen-bond acceptors (Lipinski definition) is 6. The van der Waals surface area contributed by atoms with Crippen molar-refractivity contribution in [3.05, 3.63) is 40.9 Å². The monoisotopic (exact) mass is 387 g/mol. The number of aromatic nitrogens is 2. The summed E-state index contributed by atoms with van der Waals surface area (Å²) in [6.45, 7) is 6.55. The Bertz CT molecular complexity index is 779. The maximum Gasteiger partial charge on any atom is 0.239 e. The quantitative estimate of drug-likeness (QED) is 0.788. The smallest absolute Gasteiger partial charge is 0.239 e. The van der Waals surface area contributed by atoms with Crippen LogP contribution in [0.3, 0.4) is 0 Å². The van der Waals surface area contributed by atoms with Gasteiger partial charge in [-0.2, -0.15) is 0 Å². The normalized spacial score (nSPS) is 17.9. The molecule has 2 aromatic rings. The van der Waals surface area contributed by atoms with Gasteiger partial charge in [-0.15, -0.1) is 10.2 Å². The second-order valence-corrected chi connectivity index (χ2v) is 7.67. The molecule has 1 saturated heterocycles. The third kappa shape index (κ3) is 5.11. The molecule has 3 rings (SSSR count). The van der Waals surface area contributed by atoms with Gasteiger partial charge in [-0.05, 0) is 18.9 Å². The van der Waals surface area contributed by atoms with E-state index < -0.39 is 0 Å². The van der Waals surface area contributed by atoms with Gasteiger partial charge in [0.2, 0.25) is 16.9 Å². The van der Waals surface area contributed by atoms with E-state index in [1.54, 1.807) is 0 Å².